The zero-order valence-electron chi connectivity index (χ0n) is 11.2. The number of ether oxygens (including phenoxy) is 1. The zero-order chi connectivity index (χ0) is 14.8. The molecule has 0 spiro atoms. The van der Waals surface area contributed by atoms with E-state index in [0.29, 0.717) is 29.4 Å². The monoisotopic (exact) mass is 319 g/mol. The third-order valence-corrected chi connectivity index (χ3v) is 5.24. The molecule has 1 aromatic rings. The molecule has 1 aromatic carbocycles. The van der Waals surface area contributed by atoms with Crippen molar-refractivity contribution in [3.63, 3.8) is 0 Å². The normalized spacial score (nSPS) is 20.1. The van der Waals surface area contributed by atoms with Gasteiger partial charge >= 0.3 is 0 Å². The van der Waals surface area contributed by atoms with Crippen LogP contribution in [0.15, 0.2) is 17.0 Å². The molecule has 1 atom stereocenters. The second-order valence-electron chi connectivity index (χ2n) is 4.88. The fourth-order valence-electron chi connectivity index (χ4n) is 2.27. The van der Waals surface area contributed by atoms with Crippen molar-refractivity contribution in [1.29, 1.82) is 0 Å². The van der Waals surface area contributed by atoms with E-state index in [1.165, 1.54) is 6.07 Å². The first kappa shape index (κ1) is 15.7. The van der Waals surface area contributed by atoms with Gasteiger partial charge in [-0.3, -0.25) is 0 Å². The smallest absolute Gasteiger partial charge is 0.241 e. The molecule has 2 N–H and O–H groups in total. The van der Waals surface area contributed by atoms with E-state index in [-0.39, 0.29) is 17.5 Å². The van der Waals surface area contributed by atoms with Gasteiger partial charge in [-0.25, -0.2) is 13.1 Å². The summed E-state index contributed by atoms with van der Waals surface area (Å²) < 4.78 is 32.8. The highest BCUT2D eigenvalue weighted by molar-refractivity contribution is 7.89. The van der Waals surface area contributed by atoms with Crippen molar-refractivity contribution < 1.29 is 18.3 Å². The number of sulfonamides is 1. The van der Waals surface area contributed by atoms with Crippen molar-refractivity contribution >= 4 is 21.6 Å². The second kappa shape index (κ2) is 6.41. The fourth-order valence-corrected chi connectivity index (χ4v) is 4.14. The summed E-state index contributed by atoms with van der Waals surface area (Å²) >= 11 is 5.92. The summed E-state index contributed by atoms with van der Waals surface area (Å²) in [5, 5.41) is 9.55. The van der Waals surface area contributed by atoms with E-state index in [4.69, 9.17) is 16.3 Å². The maximum Gasteiger partial charge on any atom is 0.241 e. The highest BCUT2D eigenvalue weighted by Gasteiger charge is 2.24. The van der Waals surface area contributed by atoms with Gasteiger partial charge < -0.3 is 9.84 Å². The molecular weight excluding hydrogens is 302 g/mol. The average Bonchev–Trinajstić information content (AvgIpc) is 2.41. The molecule has 1 saturated heterocycles. The first-order valence-corrected chi connectivity index (χ1v) is 8.30. The van der Waals surface area contributed by atoms with Crippen LogP contribution in [-0.2, 0) is 21.4 Å². The minimum atomic E-state index is -3.67. The lowest BCUT2D eigenvalue weighted by atomic mass is 10.1. The van der Waals surface area contributed by atoms with Crippen LogP contribution in [0.5, 0.6) is 0 Å². The maximum atomic E-state index is 12.4. The number of rotatable bonds is 4. The van der Waals surface area contributed by atoms with E-state index >= 15 is 0 Å². The Kier molecular flexibility index (Phi) is 5.04. The molecular formula is C13H18ClNO4S. The minimum absolute atomic E-state index is 0.111. The molecule has 1 unspecified atom stereocenters. The lowest BCUT2D eigenvalue weighted by molar-refractivity contribution is 0.0774. The third-order valence-electron chi connectivity index (χ3n) is 3.37. The highest BCUT2D eigenvalue weighted by atomic mass is 35.5. The molecule has 0 aliphatic carbocycles. The summed E-state index contributed by atoms with van der Waals surface area (Å²) in [6.07, 6.45) is 1.59. The largest absolute Gasteiger partial charge is 0.392 e. The molecule has 0 saturated carbocycles. The van der Waals surface area contributed by atoms with Gasteiger partial charge in [0.25, 0.3) is 0 Å². The number of halogens is 1. The molecule has 0 radical (unpaired) electrons. The topological polar surface area (TPSA) is 75.6 Å². The number of hydrogen-bond donors (Lipinski definition) is 2. The van der Waals surface area contributed by atoms with Crippen LogP contribution in [0.1, 0.15) is 24.0 Å². The average molecular weight is 320 g/mol. The lowest BCUT2D eigenvalue weighted by Gasteiger charge is -2.23. The standard InChI is InChI=1S/C13H18ClNO4S/c1-9-10(7-16)5-11(14)6-13(9)20(17,18)15-12-3-2-4-19-8-12/h5-6,12,15-16H,2-4,7-8H2,1H3. The van der Waals surface area contributed by atoms with Gasteiger partial charge in [-0.2, -0.15) is 0 Å². The zero-order valence-corrected chi connectivity index (χ0v) is 12.8. The molecule has 1 aliphatic rings. The first-order chi connectivity index (χ1) is 9.44. The van der Waals surface area contributed by atoms with Gasteiger partial charge in [-0.15, -0.1) is 0 Å². The Morgan fingerprint density at radius 3 is 2.85 bits per heavy atom. The third kappa shape index (κ3) is 3.51. The lowest BCUT2D eigenvalue weighted by Crippen LogP contribution is -2.40. The number of aliphatic hydroxyl groups is 1. The summed E-state index contributed by atoms with van der Waals surface area (Å²) in [6.45, 7) is 2.46. The van der Waals surface area contributed by atoms with Gasteiger partial charge in [-0.1, -0.05) is 11.6 Å². The predicted molar refractivity (Wildman–Crippen MR) is 76.3 cm³/mol. The molecule has 112 valence electrons. The number of benzene rings is 1. The van der Waals surface area contributed by atoms with Crippen molar-refractivity contribution in [2.45, 2.75) is 37.3 Å². The van der Waals surface area contributed by atoms with Crippen LogP contribution in [0, 0.1) is 6.92 Å². The number of aliphatic hydroxyl groups excluding tert-OH is 1. The Morgan fingerprint density at radius 1 is 1.50 bits per heavy atom. The predicted octanol–water partition coefficient (Wildman–Crippen LogP) is 1.60. The molecule has 0 bridgehead atoms. The Labute approximate surface area is 124 Å². The van der Waals surface area contributed by atoms with Crippen LogP contribution in [-0.4, -0.2) is 32.8 Å². The summed E-state index contributed by atoms with van der Waals surface area (Å²) in [5.41, 5.74) is 1.03. The van der Waals surface area contributed by atoms with Crippen molar-refractivity contribution in [2.75, 3.05) is 13.2 Å². The van der Waals surface area contributed by atoms with E-state index in [1.807, 2.05) is 0 Å². The Balaban J connectivity index is 2.31. The minimum Gasteiger partial charge on any atom is -0.392 e. The van der Waals surface area contributed by atoms with Crippen LogP contribution in [0.4, 0.5) is 0 Å². The van der Waals surface area contributed by atoms with Crippen LogP contribution in [0.3, 0.4) is 0 Å². The molecule has 1 fully saturated rings. The van der Waals surface area contributed by atoms with Gasteiger partial charge in [-0.05, 0) is 43.0 Å². The quantitative estimate of drug-likeness (QED) is 0.884. The number of hydrogen-bond acceptors (Lipinski definition) is 4. The Hall–Kier alpha value is -0.660. The van der Waals surface area contributed by atoms with Crippen LogP contribution in [0.25, 0.3) is 0 Å². The summed E-state index contributed by atoms with van der Waals surface area (Å²) in [4.78, 5) is 0.111. The van der Waals surface area contributed by atoms with Gasteiger partial charge in [0, 0.05) is 17.7 Å². The van der Waals surface area contributed by atoms with Crippen LogP contribution < -0.4 is 4.72 Å². The van der Waals surface area contributed by atoms with E-state index in [2.05, 4.69) is 4.72 Å². The van der Waals surface area contributed by atoms with Gasteiger partial charge in [0.1, 0.15) is 0 Å². The van der Waals surface area contributed by atoms with Crippen molar-refractivity contribution in [3.8, 4) is 0 Å². The van der Waals surface area contributed by atoms with Crippen LogP contribution >= 0.6 is 11.6 Å². The van der Waals surface area contributed by atoms with E-state index in [9.17, 15) is 13.5 Å². The van der Waals surface area contributed by atoms with Gasteiger partial charge in [0.2, 0.25) is 10.0 Å². The summed E-state index contributed by atoms with van der Waals surface area (Å²) in [7, 11) is -3.67. The molecule has 0 aromatic heterocycles. The van der Waals surface area contributed by atoms with Gasteiger partial charge in [0.15, 0.2) is 0 Å². The SMILES string of the molecule is Cc1c(CO)cc(Cl)cc1S(=O)(=O)NC1CCCOC1. The van der Waals surface area contributed by atoms with Gasteiger partial charge in [0.05, 0.1) is 18.1 Å². The van der Waals surface area contributed by atoms with Crippen molar-refractivity contribution in [2.24, 2.45) is 0 Å². The number of nitrogens with one attached hydrogen (secondary N) is 1. The van der Waals surface area contributed by atoms with E-state index in [1.54, 1.807) is 13.0 Å². The second-order valence-corrected chi connectivity index (χ2v) is 7.00. The highest BCUT2D eigenvalue weighted by Crippen LogP contribution is 2.25. The molecule has 2 rings (SSSR count). The Morgan fingerprint density at radius 2 is 2.25 bits per heavy atom. The van der Waals surface area contributed by atoms with E-state index in [0.717, 1.165) is 12.8 Å². The van der Waals surface area contributed by atoms with Crippen molar-refractivity contribution in [3.05, 3.63) is 28.3 Å². The molecule has 20 heavy (non-hydrogen) atoms. The van der Waals surface area contributed by atoms with E-state index < -0.39 is 10.0 Å². The molecule has 1 aliphatic heterocycles. The maximum absolute atomic E-state index is 12.4. The fraction of sp³-hybridized carbons (Fsp3) is 0.538. The summed E-state index contributed by atoms with van der Waals surface area (Å²) in [6, 6.07) is 2.76. The van der Waals surface area contributed by atoms with Crippen molar-refractivity contribution in [1.82, 2.24) is 4.72 Å². The molecule has 1 heterocycles. The first-order valence-electron chi connectivity index (χ1n) is 6.44. The summed E-state index contributed by atoms with van der Waals surface area (Å²) in [5.74, 6) is 0. The molecule has 0 amide bonds. The molecule has 7 heteroatoms. The Bertz CT molecular complexity index is 582. The van der Waals surface area contributed by atoms with Crippen LogP contribution in [0.2, 0.25) is 5.02 Å². The molecule has 5 nitrogen and oxygen atoms in total.